The molecule has 0 aliphatic rings. The average Bonchev–Trinajstić information content (AvgIpc) is 2.72. The van der Waals surface area contributed by atoms with Gasteiger partial charge in [0, 0.05) is 12.1 Å². The molecule has 6 heteroatoms. The van der Waals surface area contributed by atoms with E-state index in [1.165, 1.54) is 0 Å². The molecule has 0 saturated carbocycles. The van der Waals surface area contributed by atoms with Crippen molar-refractivity contribution in [3.05, 3.63) is 105 Å². The molecule has 0 heterocycles. The maximum Gasteiger partial charge on any atom is 0.247 e. The normalized spacial score (nSPS) is 11.7. The van der Waals surface area contributed by atoms with Gasteiger partial charge in [0.1, 0.15) is 11.9 Å². The van der Waals surface area contributed by atoms with Crippen LogP contribution in [0.3, 0.4) is 0 Å². The Labute approximate surface area is 180 Å². The lowest BCUT2D eigenvalue weighted by Crippen LogP contribution is -2.40. The second kappa shape index (κ2) is 9.70. The van der Waals surface area contributed by atoms with Crippen molar-refractivity contribution in [2.45, 2.75) is 19.5 Å². The van der Waals surface area contributed by atoms with Gasteiger partial charge in [0.15, 0.2) is 0 Å². The number of carbonyl (C=O) groups is 1. The van der Waals surface area contributed by atoms with Gasteiger partial charge in [-0.2, -0.15) is 0 Å². The molecule has 0 bridgehead atoms. The predicted octanol–water partition coefficient (Wildman–Crippen LogP) is 5.27. The van der Waals surface area contributed by atoms with E-state index in [0.717, 1.165) is 16.7 Å². The molecular weight excluding hydrogens is 405 g/mol. The maximum absolute atomic E-state index is 13.0. The monoisotopic (exact) mass is 425 g/mol. The zero-order valence-corrected chi connectivity index (χ0v) is 17.4. The molecule has 3 rings (SSSR count). The Morgan fingerprint density at radius 3 is 2.31 bits per heavy atom. The number of amidine groups is 1. The number of aryl methyl sites for hydroxylation is 1. The first kappa shape index (κ1) is 21.1. The number of hydrogen-bond acceptors (Lipinski definition) is 3. The van der Waals surface area contributed by atoms with Gasteiger partial charge in [-0.1, -0.05) is 89.4 Å². The lowest BCUT2D eigenvalue weighted by atomic mass is 10.0. The van der Waals surface area contributed by atoms with Gasteiger partial charge >= 0.3 is 0 Å². The molecule has 1 atom stereocenters. The molecule has 0 spiro atoms. The minimum absolute atomic E-state index is 0.0593. The summed E-state index contributed by atoms with van der Waals surface area (Å²) in [7, 11) is 0. The number of rotatable bonds is 6. The molecular formula is C23H21Cl2N3O. The molecule has 0 radical (unpaired) electrons. The number of benzene rings is 3. The van der Waals surface area contributed by atoms with Crippen LogP contribution < -0.4 is 10.6 Å². The predicted molar refractivity (Wildman–Crippen MR) is 119 cm³/mol. The average molecular weight is 426 g/mol. The zero-order chi connectivity index (χ0) is 20.8. The van der Waals surface area contributed by atoms with Crippen molar-refractivity contribution < 1.29 is 4.79 Å². The zero-order valence-electron chi connectivity index (χ0n) is 15.9. The van der Waals surface area contributed by atoms with Crippen LogP contribution in [0.4, 0.5) is 0 Å². The van der Waals surface area contributed by atoms with Gasteiger partial charge in [-0.25, -0.2) is 0 Å². The Balaban J connectivity index is 1.78. The van der Waals surface area contributed by atoms with Crippen molar-refractivity contribution in [3.63, 3.8) is 0 Å². The van der Waals surface area contributed by atoms with Crippen molar-refractivity contribution in [1.82, 2.24) is 10.6 Å². The van der Waals surface area contributed by atoms with Crippen molar-refractivity contribution in [3.8, 4) is 0 Å². The van der Waals surface area contributed by atoms with Crippen LogP contribution in [0, 0.1) is 12.3 Å². The van der Waals surface area contributed by atoms with Crippen molar-refractivity contribution in [1.29, 1.82) is 5.41 Å². The van der Waals surface area contributed by atoms with Crippen molar-refractivity contribution >= 4 is 34.9 Å². The minimum Gasteiger partial charge on any atom is -0.309 e. The van der Waals surface area contributed by atoms with E-state index in [2.05, 4.69) is 10.6 Å². The summed E-state index contributed by atoms with van der Waals surface area (Å²) >= 11 is 12.1. The molecule has 148 valence electrons. The molecule has 0 fully saturated rings. The lowest BCUT2D eigenvalue weighted by molar-refractivity contribution is -0.121. The van der Waals surface area contributed by atoms with Gasteiger partial charge in [0.25, 0.3) is 0 Å². The van der Waals surface area contributed by atoms with E-state index in [0.29, 0.717) is 22.2 Å². The van der Waals surface area contributed by atoms with Gasteiger partial charge in [-0.3, -0.25) is 15.5 Å². The first-order valence-electron chi connectivity index (χ1n) is 9.13. The van der Waals surface area contributed by atoms with Crippen LogP contribution in [0.2, 0.25) is 10.0 Å². The molecule has 3 aromatic rings. The van der Waals surface area contributed by atoms with E-state index in [1.807, 2.05) is 55.5 Å². The molecule has 1 amide bonds. The molecule has 4 nitrogen and oxygen atoms in total. The highest BCUT2D eigenvalue weighted by molar-refractivity contribution is 6.42. The summed E-state index contributed by atoms with van der Waals surface area (Å²) in [5.74, 6) is -0.244. The van der Waals surface area contributed by atoms with Crippen LogP contribution in [-0.2, 0) is 11.3 Å². The van der Waals surface area contributed by atoms with E-state index in [4.69, 9.17) is 28.6 Å². The van der Waals surface area contributed by atoms with Gasteiger partial charge < -0.3 is 5.32 Å². The fourth-order valence-corrected chi connectivity index (χ4v) is 3.18. The molecule has 0 aliphatic carbocycles. The third kappa shape index (κ3) is 5.67. The highest BCUT2D eigenvalue weighted by Crippen LogP contribution is 2.23. The van der Waals surface area contributed by atoms with Crippen LogP contribution in [0.1, 0.15) is 28.3 Å². The fraction of sp³-hybridized carbons (Fsp3) is 0.130. The highest BCUT2D eigenvalue weighted by Gasteiger charge is 2.21. The maximum atomic E-state index is 13.0. The van der Waals surface area contributed by atoms with E-state index >= 15 is 0 Å². The quantitative estimate of drug-likeness (QED) is 0.371. The lowest BCUT2D eigenvalue weighted by Gasteiger charge is -2.20. The SMILES string of the molecule is Cc1ccc(C(NCc2ccc(Cl)c(Cl)c2)C(=O)NC(=N)c2ccccc2)cc1. The second-order valence-corrected chi connectivity index (χ2v) is 7.52. The Morgan fingerprint density at radius 2 is 1.66 bits per heavy atom. The first-order chi connectivity index (χ1) is 13.9. The smallest absolute Gasteiger partial charge is 0.247 e. The summed E-state index contributed by atoms with van der Waals surface area (Å²) < 4.78 is 0. The van der Waals surface area contributed by atoms with Crippen LogP contribution in [0.5, 0.6) is 0 Å². The summed E-state index contributed by atoms with van der Waals surface area (Å²) in [4.78, 5) is 13.0. The van der Waals surface area contributed by atoms with E-state index in [9.17, 15) is 4.79 Å². The van der Waals surface area contributed by atoms with Crippen LogP contribution in [-0.4, -0.2) is 11.7 Å². The van der Waals surface area contributed by atoms with E-state index < -0.39 is 6.04 Å². The number of hydrogen-bond donors (Lipinski definition) is 3. The molecule has 1 unspecified atom stereocenters. The highest BCUT2D eigenvalue weighted by atomic mass is 35.5. The number of amides is 1. The van der Waals surface area contributed by atoms with Crippen molar-refractivity contribution in [2.75, 3.05) is 0 Å². The van der Waals surface area contributed by atoms with Gasteiger partial charge in [0.05, 0.1) is 10.0 Å². The fourth-order valence-electron chi connectivity index (χ4n) is 2.86. The van der Waals surface area contributed by atoms with E-state index in [1.54, 1.807) is 24.3 Å². The largest absolute Gasteiger partial charge is 0.309 e. The summed E-state index contributed by atoms with van der Waals surface area (Å²) in [5, 5.41) is 15.1. The third-order valence-electron chi connectivity index (χ3n) is 4.48. The van der Waals surface area contributed by atoms with E-state index in [-0.39, 0.29) is 11.7 Å². The Morgan fingerprint density at radius 1 is 0.966 bits per heavy atom. The van der Waals surface area contributed by atoms with Gasteiger partial charge in [-0.15, -0.1) is 0 Å². The third-order valence-corrected chi connectivity index (χ3v) is 5.22. The Hall–Kier alpha value is -2.66. The molecule has 3 N–H and O–H groups in total. The van der Waals surface area contributed by atoms with Gasteiger partial charge in [0.2, 0.25) is 5.91 Å². The van der Waals surface area contributed by atoms with Crippen LogP contribution >= 0.6 is 23.2 Å². The standard InChI is InChI=1S/C23H21Cl2N3O/c1-15-7-10-17(11-8-15)21(27-14-16-9-12-19(24)20(25)13-16)23(29)28-22(26)18-5-3-2-4-6-18/h2-13,21,27H,14H2,1H3,(H2,26,28,29). The van der Waals surface area contributed by atoms with Crippen LogP contribution in [0.25, 0.3) is 0 Å². The summed E-state index contributed by atoms with van der Waals surface area (Å²) in [6, 6.07) is 21.6. The summed E-state index contributed by atoms with van der Waals surface area (Å²) in [6.45, 7) is 2.41. The summed E-state index contributed by atoms with van der Waals surface area (Å²) in [6.07, 6.45) is 0. The molecule has 3 aromatic carbocycles. The second-order valence-electron chi connectivity index (χ2n) is 6.70. The topological polar surface area (TPSA) is 65.0 Å². The summed E-state index contributed by atoms with van der Waals surface area (Å²) in [5.41, 5.74) is 3.47. The molecule has 0 aliphatic heterocycles. The first-order valence-corrected chi connectivity index (χ1v) is 9.88. The Kier molecular flexibility index (Phi) is 7.04. The van der Waals surface area contributed by atoms with Crippen LogP contribution in [0.15, 0.2) is 72.8 Å². The number of nitrogens with one attached hydrogen (secondary N) is 3. The molecule has 29 heavy (non-hydrogen) atoms. The minimum atomic E-state index is -0.630. The van der Waals surface area contributed by atoms with Gasteiger partial charge in [-0.05, 0) is 30.2 Å². The number of carbonyl (C=O) groups excluding carboxylic acids is 1. The Bertz CT molecular complexity index is 1000. The number of halogens is 2. The van der Waals surface area contributed by atoms with Crippen molar-refractivity contribution in [2.24, 2.45) is 0 Å². The molecule has 0 aromatic heterocycles. The molecule has 0 saturated heterocycles.